The molecule has 0 atom stereocenters. The highest BCUT2D eigenvalue weighted by Crippen LogP contribution is 2.31. The van der Waals surface area contributed by atoms with Crippen LogP contribution in [0.15, 0.2) is 36.4 Å². The molecule has 8 heteroatoms. The standard InChI is InChI=1S/C15H14N4O4/c1-23-13-7-11-10(6-12(13)20)17-15(18-11)16-9-4-2-3-8(5-9)14(21)19-22/h2-7,20,22H,1H3,(H,19,21)(H2,16,17,18). The Morgan fingerprint density at radius 1 is 1.30 bits per heavy atom. The molecule has 0 unspecified atom stereocenters. The quantitative estimate of drug-likeness (QED) is 0.372. The lowest BCUT2D eigenvalue weighted by Crippen LogP contribution is -2.18. The average molecular weight is 314 g/mol. The summed E-state index contributed by atoms with van der Waals surface area (Å²) in [5.74, 6) is 0.177. The number of phenols is 1. The number of H-pyrrole nitrogens is 1. The molecule has 3 aromatic rings. The highest BCUT2D eigenvalue weighted by Gasteiger charge is 2.10. The van der Waals surface area contributed by atoms with Gasteiger partial charge in [0.2, 0.25) is 5.95 Å². The van der Waals surface area contributed by atoms with Crippen molar-refractivity contribution in [1.82, 2.24) is 15.4 Å². The number of anilines is 2. The average Bonchev–Trinajstić information content (AvgIpc) is 2.94. The van der Waals surface area contributed by atoms with E-state index in [2.05, 4.69) is 15.3 Å². The van der Waals surface area contributed by atoms with Gasteiger partial charge < -0.3 is 20.1 Å². The summed E-state index contributed by atoms with van der Waals surface area (Å²) in [5.41, 5.74) is 3.74. The van der Waals surface area contributed by atoms with Gasteiger partial charge in [0.05, 0.1) is 18.1 Å². The number of methoxy groups -OCH3 is 1. The number of phenolic OH excluding ortho intramolecular Hbond substituents is 1. The number of imidazole rings is 1. The van der Waals surface area contributed by atoms with Crippen molar-refractivity contribution in [2.45, 2.75) is 0 Å². The molecule has 1 heterocycles. The number of carbonyl (C=O) groups excluding carboxylic acids is 1. The summed E-state index contributed by atoms with van der Waals surface area (Å²) >= 11 is 0. The molecule has 0 spiro atoms. The predicted molar refractivity (Wildman–Crippen MR) is 83.3 cm³/mol. The zero-order valence-electron chi connectivity index (χ0n) is 12.1. The predicted octanol–water partition coefficient (Wildman–Crippen LogP) is 2.14. The van der Waals surface area contributed by atoms with E-state index < -0.39 is 5.91 Å². The first-order valence-electron chi connectivity index (χ1n) is 6.69. The monoisotopic (exact) mass is 314 g/mol. The van der Waals surface area contributed by atoms with Crippen molar-refractivity contribution in [3.63, 3.8) is 0 Å². The van der Waals surface area contributed by atoms with Gasteiger partial charge in [-0.25, -0.2) is 10.5 Å². The van der Waals surface area contributed by atoms with Crippen molar-refractivity contribution in [3.05, 3.63) is 42.0 Å². The minimum absolute atomic E-state index is 0.0109. The number of rotatable bonds is 4. The molecule has 0 aliphatic carbocycles. The van der Waals surface area contributed by atoms with Crippen LogP contribution in [0.1, 0.15) is 10.4 Å². The Balaban J connectivity index is 1.91. The van der Waals surface area contributed by atoms with Crippen LogP contribution in [0, 0.1) is 0 Å². The van der Waals surface area contributed by atoms with Gasteiger partial charge in [0.1, 0.15) is 0 Å². The molecule has 5 N–H and O–H groups in total. The number of ether oxygens (including phenoxy) is 1. The van der Waals surface area contributed by atoms with Crippen LogP contribution in [0.5, 0.6) is 11.5 Å². The van der Waals surface area contributed by atoms with Crippen LogP contribution in [0.3, 0.4) is 0 Å². The number of aromatic hydroxyl groups is 1. The number of nitrogens with one attached hydrogen (secondary N) is 3. The number of amides is 1. The first-order valence-corrected chi connectivity index (χ1v) is 6.69. The summed E-state index contributed by atoms with van der Waals surface area (Å²) in [6.07, 6.45) is 0. The van der Waals surface area contributed by atoms with Crippen LogP contribution in [-0.2, 0) is 0 Å². The van der Waals surface area contributed by atoms with Gasteiger partial charge in [0.15, 0.2) is 11.5 Å². The van der Waals surface area contributed by atoms with Gasteiger partial charge >= 0.3 is 0 Å². The van der Waals surface area contributed by atoms with Gasteiger partial charge in [-0.2, -0.15) is 0 Å². The minimum atomic E-state index is -0.604. The molecule has 8 nitrogen and oxygen atoms in total. The van der Waals surface area contributed by atoms with E-state index in [9.17, 15) is 9.90 Å². The van der Waals surface area contributed by atoms with E-state index in [1.807, 2.05) is 0 Å². The first-order chi connectivity index (χ1) is 11.1. The molecule has 0 radical (unpaired) electrons. The maximum Gasteiger partial charge on any atom is 0.274 e. The third-order valence-electron chi connectivity index (χ3n) is 3.27. The number of nitrogens with zero attached hydrogens (tertiary/aromatic N) is 1. The molecule has 1 aromatic heterocycles. The van der Waals surface area contributed by atoms with Crippen molar-refractivity contribution in [2.75, 3.05) is 12.4 Å². The second kappa shape index (κ2) is 5.85. The Bertz CT molecular complexity index is 875. The Labute approximate surface area is 130 Å². The van der Waals surface area contributed by atoms with Crippen LogP contribution >= 0.6 is 0 Å². The lowest BCUT2D eigenvalue weighted by atomic mass is 10.2. The molecular weight excluding hydrogens is 300 g/mol. The van der Waals surface area contributed by atoms with E-state index in [4.69, 9.17) is 9.94 Å². The Morgan fingerprint density at radius 3 is 2.87 bits per heavy atom. The summed E-state index contributed by atoms with van der Waals surface area (Å²) in [4.78, 5) is 18.8. The normalized spacial score (nSPS) is 10.5. The summed E-state index contributed by atoms with van der Waals surface area (Å²) in [5, 5.41) is 21.5. The van der Waals surface area contributed by atoms with E-state index in [0.717, 1.165) is 0 Å². The number of benzene rings is 2. The van der Waals surface area contributed by atoms with Gasteiger partial charge in [-0.05, 0) is 18.2 Å². The number of carbonyl (C=O) groups is 1. The van der Waals surface area contributed by atoms with Crippen LogP contribution in [0.25, 0.3) is 11.0 Å². The molecular formula is C15H14N4O4. The van der Waals surface area contributed by atoms with Crippen molar-refractivity contribution in [1.29, 1.82) is 0 Å². The van der Waals surface area contributed by atoms with Gasteiger partial charge in [-0.1, -0.05) is 6.07 Å². The van der Waals surface area contributed by atoms with E-state index in [1.165, 1.54) is 13.2 Å². The molecule has 0 saturated heterocycles. The fourth-order valence-electron chi connectivity index (χ4n) is 2.19. The molecule has 118 valence electrons. The summed E-state index contributed by atoms with van der Waals surface area (Å²) < 4.78 is 5.04. The fraction of sp³-hybridized carbons (Fsp3) is 0.0667. The second-order valence-electron chi connectivity index (χ2n) is 4.77. The lowest BCUT2D eigenvalue weighted by Gasteiger charge is -2.04. The Kier molecular flexibility index (Phi) is 3.73. The maximum atomic E-state index is 11.4. The molecule has 0 aliphatic heterocycles. The highest BCUT2D eigenvalue weighted by molar-refractivity contribution is 5.94. The maximum absolute atomic E-state index is 11.4. The van der Waals surface area contributed by atoms with E-state index >= 15 is 0 Å². The number of hydrogen-bond acceptors (Lipinski definition) is 6. The molecule has 0 fully saturated rings. The molecule has 1 amide bonds. The third kappa shape index (κ3) is 2.87. The third-order valence-corrected chi connectivity index (χ3v) is 3.27. The number of fused-ring (bicyclic) bond motifs is 1. The number of hydroxylamine groups is 1. The molecule has 0 saturated carbocycles. The zero-order chi connectivity index (χ0) is 16.4. The largest absolute Gasteiger partial charge is 0.504 e. The first kappa shape index (κ1) is 14.7. The van der Waals surface area contributed by atoms with E-state index in [1.54, 1.807) is 35.8 Å². The van der Waals surface area contributed by atoms with Gasteiger partial charge in [-0.3, -0.25) is 10.0 Å². The second-order valence-corrected chi connectivity index (χ2v) is 4.77. The summed E-state index contributed by atoms with van der Waals surface area (Å²) in [6.45, 7) is 0. The number of aromatic nitrogens is 2. The van der Waals surface area contributed by atoms with Crippen LogP contribution < -0.4 is 15.5 Å². The molecule has 3 rings (SSSR count). The van der Waals surface area contributed by atoms with Gasteiger partial charge in [0, 0.05) is 23.4 Å². The lowest BCUT2D eigenvalue weighted by molar-refractivity contribution is 0.0706. The molecule has 23 heavy (non-hydrogen) atoms. The summed E-state index contributed by atoms with van der Waals surface area (Å²) in [7, 11) is 1.46. The highest BCUT2D eigenvalue weighted by atomic mass is 16.5. The van der Waals surface area contributed by atoms with Crippen LogP contribution in [0.2, 0.25) is 0 Å². The smallest absolute Gasteiger partial charge is 0.274 e. The topological polar surface area (TPSA) is 120 Å². The number of hydrogen-bond donors (Lipinski definition) is 5. The minimum Gasteiger partial charge on any atom is -0.504 e. The summed E-state index contributed by atoms with van der Waals surface area (Å²) in [6, 6.07) is 9.68. The van der Waals surface area contributed by atoms with E-state index in [-0.39, 0.29) is 5.75 Å². The van der Waals surface area contributed by atoms with Crippen molar-refractivity contribution >= 4 is 28.6 Å². The van der Waals surface area contributed by atoms with Crippen LogP contribution in [0.4, 0.5) is 11.6 Å². The molecule has 0 bridgehead atoms. The molecule has 2 aromatic carbocycles. The van der Waals surface area contributed by atoms with Crippen molar-refractivity contribution in [3.8, 4) is 11.5 Å². The zero-order valence-corrected chi connectivity index (χ0v) is 12.1. The Morgan fingerprint density at radius 2 is 2.13 bits per heavy atom. The number of aromatic amines is 1. The van der Waals surface area contributed by atoms with E-state index in [0.29, 0.717) is 34.0 Å². The van der Waals surface area contributed by atoms with Crippen LogP contribution in [-0.4, -0.2) is 33.3 Å². The van der Waals surface area contributed by atoms with Gasteiger partial charge in [0.25, 0.3) is 5.91 Å². The Hall–Kier alpha value is -3.26. The SMILES string of the molecule is COc1cc2nc(Nc3cccc(C(=O)NO)c3)[nH]c2cc1O. The fourth-order valence-corrected chi connectivity index (χ4v) is 2.19. The van der Waals surface area contributed by atoms with Crippen molar-refractivity contribution < 1.29 is 19.8 Å². The molecule has 0 aliphatic rings. The van der Waals surface area contributed by atoms with Gasteiger partial charge in [-0.15, -0.1) is 0 Å². The van der Waals surface area contributed by atoms with Crippen molar-refractivity contribution in [2.24, 2.45) is 0 Å².